The molecule has 0 aliphatic carbocycles. The van der Waals surface area contributed by atoms with Crippen LogP contribution < -0.4 is 16.0 Å². The van der Waals surface area contributed by atoms with Gasteiger partial charge in [-0.3, -0.25) is 4.79 Å². The van der Waals surface area contributed by atoms with Crippen molar-refractivity contribution in [2.24, 2.45) is 5.92 Å². The molecule has 3 N–H and O–H groups in total. The van der Waals surface area contributed by atoms with E-state index >= 15 is 0 Å². The van der Waals surface area contributed by atoms with Crippen LogP contribution >= 0.6 is 0 Å². The van der Waals surface area contributed by atoms with E-state index in [1.165, 1.54) is 0 Å². The predicted octanol–water partition coefficient (Wildman–Crippen LogP) is 0.814. The number of carbonyl (C=O) groups excluding carboxylic acids is 2. The number of hydrogen-bond donors (Lipinski definition) is 3. The molecule has 0 spiro atoms. The molecule has 138 valence electrons. The van der Waals surface area contributed by atoms with E-state index in [1.54, 1.807) is 0 Å². The lowest BCUT2D eigenvalue weighted by molar-refractivity contribution is -0.124. The maximum atomic E-state index is 12.4. The van der Waals surface area contributed by atoms with Crippen molar-refractivity contribution >= 4 is 21.8 Å². The molecule has 1 fully saturated rings. The van der Waals surface area contributed by atoms with Crippen LogP contribution in [0.2, 0.25) is 0 Å². The Hall–Kier alpha value is -2.09. The van der Waals surface area contributed by atoms with Crippen molar-refractivity contribution in [3.8, 4) is 0 Å². The molecular weight excluding hydrogens is 342 g/mol. The molecule has 2 rings (SSSR count). The minimum Gasteiger partial charge on any atom is -0.350 e. The number of sulfone groups is 1. The summed E-state index contributed by atoms with van der Waals surface area (Å²) in [5, 5.41) is 8.10. The summed E-state index contributed by atoms with van der Waals surface area (Å²) in [7, 11) is -3.06. The fourth-order valence-electron chi connectivity index (χ4n) is 2.71. The molecular formula is C17H25N3O4S. The molecule has 1 heterocycles. The van der Waals surface area contributed by atoms with Gasteiger partial charge in [-0.05, 0) is 17.9 Å². The largest absolute Gasteiger partial charge is 0.350 e. The molecule has 0 bridgehead atoms. The maximum Gasteiger partial charge on any atom is 0.315 e. The van der Waals surface area contributed by atoms with Gasteiger partial charge in [0.2, 0.25) is 5.91 Å². The second kappa shape index (κ2) is 8.33. The molecule has 0 radical (unpaired) electrons. The predicted molar refractivity (Wildman–Crippen MR) is 95.6 cm³/mol. The molecule has 1 aromatic rings. The van der Waals surface area contributed by atoms with E-state index in [0.29, 0.717) is 13.0 Å². The first-order valence-electron chi connectivity index (χ1n) is 8.36. The lowest BCUT2D eigenvalue weighted by Gasteiger charge is -2.23. The Bertz CT molecular complexity index is 704. The molecule has 8 heteroatoms. The number of carbonyl (C=O) groups is 2. The molecule has 1 aliphatic heterocycles. The molecule has 1 aromatic carbocycles. The third-order valence-corrected chi connectivity index (χ3v) is 5.88. The fraction of sp³-hybridized carbons (Fsp3) is 0.529. The van der Waals surface area contributed by atoms with Crippen LogP contribution in [0.5, 0.6) is 0 Å². The molecule has 1 saturated heterocycles. The van der Waals surface area contributed by atoms with Crippen LogP contribution in [0, 0.1) is 5.92 Å². The van der Waals surface area contributed by atoms with E-state index < -0.39 is 28.0 Å². The number of urea groups is 1. The summed E-state index contributed by atoms with van der Waals surface area (Å²) in [5.74, 6) is -0.335. The number of nitrogens with one attached hydrogen (secondary N) is 3. The molecule has 2 atom stereocenters. The van der Waals surface area contributed by atoms with Crippen molar-refractivity contribution in [3.63, 3.8) is 0 Å². The first-order valence-corrected chi connectivity index (χ1v) is 10.2. The van der Waals surface area contributed by atoms with Crippen LogP contribution in [0.25, 0.3) is 0 Å². The number of hydrogen-bond acceptors (Lipinski definition) is 4. The Kier molecular flexibility index (Phi) is 6.41. The number of benzene rings is 1. The van der Waals surface area contributed by atoms with Crippen molar-refractivity contribution in [1.29, 1.82) is 0 Å². The summed E-state index contributed by atoms with van der Waals surface area (Å²) in [5.41, 5.74) is 0.971. The van der Waals surface area contributed by atoms with E-state index in [9.17, 15) is 18.0 Å². The zero-order chi connectivity index (χ0) is 18.4. The van der Waals surface area contributed by atoms with Crippen molar-refractivity contribution < 1.29 is 18.0 Å². The normalized spacial score (nSPS) is 20.0. The lowest BCUT2D eigenvalue weighted by atomic mass is 10.0. The zero-order valence-corrected chi connectivity index (χ0v) is 15.3. The molecule has 0 aromatic heterocycles. The van der Waals surface area contributed by atoms with Gasteiger partial charge < -0.3 is 16.0 Å². The first kappa shape index (κ1) is 19.2. The SMILES string of the molecule is CC(C)[C@@H](NC(=O)NC1CCS(=O)(=O)C1)C(=O)NCc1ccccc1. The summed E-state index contributed by atoms with van der Waals surface area (Å²) in [6.45, 7) is 4.06. The van der Waals surface area contributed by atoms with Gasteiger partial charge in [0.15, 0.2) is 9.84 Å². The van der Waals surface area contributed by atoms with Gasteiger partial charge in [0.25, 0.3) is 0 Å². The molecule has 1 unspecified atom stereocenters. The quantitative estimate of drug-likeness (QED) is 0.692. The van der Waals surface area contributed by atoms with E-state index in [4.69, 9.17) is 0 Å². The molecule has 0 saturated carbocycles. The van der Waals surface area contributed by atoms with Crippen LogP contribution in [0.15, 0.2) is 30.3 Å². The highest BCUT2D eigenvalue weighted by Gasteiger charge is 2.30. The number of rotatable bonds is 6. The summed E-state index contributed by atoms with van der Waals surface area (Å²) in [4.78, 5) is 24.5. The lowest BCUT2D eigenvalue weighted by Crippen LogP contribution is -2.54. The van der Waals surface area contributed by atoms with Gasteiger partial charge in [-0.2, -0.15) is 0 Å². The second-order valence-corrected chi connectivity index (χ2v) is 8.87. The third-order valence-electron chi connectivity index (χ3n) is 4.11. The standard InChI is InChI=1S/C17H25N3O4S/c1-12(2)15(16(21)18-10-13-6-4-3-5-7-13)20-17(22)19-14-8-9-25(23,24)11-14/h3-7,12,14-15H,8-11H2,1-2H3,(H,18,21)(H2,19,20,22)/t14?,15-/m1/s1. The summed E-state index contributed by atoms with van der Waals surface area (Å²) in [6, 6.07) is 7.89. The summed E-state index contributed by atoms with van der Waals surface area (Å²) >= 11 is 0. The summed E-state index contributed by atoms with van der Waals surface area (Å²) in [6.07, 6.45) is 0.405. The molecule has 7 nitrogen and oxygen atoms in total. The van der Waals surface area contributed by atoms with Crippen molar-refractivity contribution in [2.45, 2.75) is 38.9 Å². The monoisotopic (exact) mass is 367 g/mol. The van der Waals surface area contributed by atoms with Crippen LogP contribution in [0.4, 0.5) is 4.79 Å². The van der Waals surface area contributed by atoms with Gasteiger partial charge in [-0.25, -0.2) is 13.2 Å². The molecule has 25 heavy (non-hydrogen) atoms. The minimum absolute atomic E-state index is 0.0486. The van der Waals surface area contributed by atoms with Gasteiger partial charge in [-0.15, -0.1) is 0 Å². The fourth-order valence-corrected chi connectivity index (χ4v) is 4.38. The average Bonchev–Trinajstić information content (AvgIpc) is 2.89. The first-order chi connectivity index (χ1) is 11.8. The van der Waals surface area contributed by atoms with E-state index in [1.807, 2.05) is 44.2 Å². The van der Waals surface area contributed by atoms with Crippen LogP contribution in [0.3, 0.4) is 0 Å². The second-order valence-electron chi connectivity index (χ2n) is 6.64. The highest BCUT2D eigenvalue weighted by Crippen LogP contribution is 2.11. The smallest absolute Gasteiger partial charge is 0.315 e. The van der Waals surface area contributed by atoms with Crippen LogP contribution in [-0.4, -0.2) is 43.9 Å². The van der Waals surface area contributed by atoms with E-state index in [-0.39, 0.29) is 23.3 Å². The van der Waals surface area contributed by atoms with Gasteiger partial charge in [0, 0.05) is 12.6 Å². The third kappa shape index (κ3) is 6.04. The van der Waals surface area contributed by atoms with Gasteiger partial charge in [-0.1, -0.05) is 44.2 Å². The topological polar surface area (TPSA) is 104 Å². The number of amides is 3. The average molecular weight is 367 g/mol. The molecule has 3 amide bonds. The van der Waals surface area contributed by atoms with Gasteiger partial charge >= 0.3 is 6.03 Å². The Labute approximate surface area is 148 Å². The van der Waals surface area contributed by atoms with Crippen LogP contribution in [0.1, 0.15) is 25.8 Å². The Balaban J connectivity index is 1.86. The Morgan fingerprint density at radius 3 is 2.44 bits per heavy atom. The van der Waals surface area contributed by atoms with Gasteiger partial charge in [0.1, 0.15) is 6.04 Å². The van der Waals surface area contributed by atoms with E-state index in [0.717, 1.165) is 5.56 Å². The minimum atomic E-state index is -3.06. The van der Waals surface area contributed by atoms with E-state index in [2.05, 4.69) is 16.0 Å². The highest BCUT2D eigenvalue weighted by atomic mass is 32.2. The van der Waals surface area contributed by atoms with Crippen molar-refractivity contribution in [1.82, 2.24) is 16.0 Å². The highest BCUT2D eigenvalue weighted by molar-refractivity contribution is 7.91. The van der Waals surface area contributed by atoms with Crippen molar-refractivity contribution in [2.75, 3.05) is 11.5 Å². The van der Waals surface area contributed by atoms with Gasteiger partial charge in [0.05, 0.1) is 11.5 Å². The Morgan fingerprint density at radius 2 is 1.88 bits per heavy atom. The maximum absolute atomic E-state index is 12.4. The zero-order valence-electron chi connectivity index (χ0n) is 14.5. The van der Waals surface area contributed by atoms with Crippen molar-refractivity contribution in [3.05, 3.63) is 35.9 Å². The molecule has 1 aliphatic rings. The van der Waals surface area contributed by atoms with Crippen LogP contribution in [-0.2, 0) is 21.2 Å². The summed E-state index contributed by atoms with van der Waals surface area (Å²) < 4.78 is 22.9. The Morgan fingerprint density at radius 1 is 1.20 bits per heavy atom.